The Kier molecular flexibility index (Phi) is 3.17. The van der Waals surface area contributed by atoms with Crippen LogP contribution in [0.1, 0.15) is 43.0 Å². The molecule has 0 bridgehead atoms. The first-order valence-corrected chi connectivity index (χ1v) is 6.78. The van der Waals surface area contributed by atoms with Crippen molar-refractivity contribution in [3.8, 4) is 0 Å². The van der Waals surface area contributed by atoms with E-state index in [0.717, 1.165) is 12.6 Å². The van der Waals surface area contributed by atoms with Crippen LogP contribution in [-0.2, 0) is 4.74 Å². The van der Waals surface area contributed by atoms with Gasteiger partial charge in [-0.2, -0.15) is 0 Å². The molecule has 1 aromatic carbocycles. The van der Waals surface area contributed by atoms with Crippen molar-refractivity contribution >= 4 is 0 Å². The lowest BCUT2D eigenvalue weighted by molar-refractivity contribution is -0.136. The predicted molar refractivity (Wildman–Crippen MR) is 68.8 cm³/mol. The number of fused-ring (bicyclic) bond motifs is 1. The van der Waals surface area contributed by atoms with Crippen molar-refractivity contribution in [3.05, 3.63) is 35.4 Å². The van der Waals surface area contributed by atoms with Gasteiger partial charge in [0.15, 0.2) is 0 Å². The van der Waals surface area contributed by atoms with E-state index < -0.39 is 0 Å². The Morgan fingerprint density at radius 1 is 1.12 bits per heavy atom. The van der Waals surface area contributed by atoms with Crippen molar-refractivity contribution in [1.82, 2.24) is 4.90 Å². The average molecular weight is 231 g/mol. The van der Waals surface area contributed by atoms with Gasteiger partial charge in [0.05, 0.1) is 6.61 Å². The number of nitrogens with zero attached hydrogens (tertiary/aromatic N) is 1. The fraction of sp³-hybridized carbons (Fsp3) is 0.600. The van der Waals surface area contributed by atoms with Crippen molar-refractivity contribution in [2.75, 3.05) is 13.2 Å². The van der Waals surface area contributed by atoms with Crippen LogP contribution in [0, 0.1) is 6.92 Å². The second-order valence-corrected chi connectivity index (χ2v) is 5.31. The highest BCUT2D eigenvalue weighted by Crippen LogP contribution is 2.34. The molecule has 0 saturated carbocycles. The standard InChI is InChI=1S/C15H21NO/c1-12-5-7-13(8-6-12)15-16-10-3-2-4-14(16)9-11-17-15/h5-8,14-15H,2-4,9-11H2,1H3. The fourth-order valence-electron chi connectivity index (χ4n) is 3.07. The quantitative estimate of drug-likeness (QED) is 0.735. The molecule has 0 aliphatic carbocycles. The van der Waals surface area contributed by atoms with Gasteiger partial charge in [-0.1, -0.05) is 36.2 Å². The molecule has 92 valence electrons. The van der Waals surface area contributed by atoms with Crippen LogP contribution in [0.4, 0.5) is 0 Å². The van der Waals surface area contributed by atoms with Gasteiger partial charge in [0.2, 0.25) is 0 Å². The Bertz CT molecular complexity index is 371. The van der Waals surface area contributed by atoms with Gasteiger partial charge < -0.3 is 4.74 Å². The van der Waals surface area contributed by atoms with E-state index in [0.29, 0.717) is 0 Å². The molecule has 2 atom stereocenters. The number of rotatable bonds is 1. The molecule has 2 nitrogen and oxygen atoms in total. The lowest BCUT2D eigenvalue weighted by Gasteiger charge is -2.44. The van der Waals surface area contributed by atoms with E-state index >= 15 is 0 Å². The summed E-state index contributed by atoms with van der Waals surface area (Å²) in [6, 6.07) is 9.57. The van der Waals surface area contributed by atoms with Crippen molar-refractivity contribution in [2.24, 2.45) is 0 Å². The van der Waals surface area contributed by atoms with Crippen LogP contribution in [0.5, 0.6) is 0 Å². The van der Waals surface area contributed by atoms with E-state index in [9.17, 15) is 0 Å². The van der Waals surface area contributed by atoms with Crippen LogP contribution in [0.2, 0.25) is 0 Å². The molecular formula is C15H21NO. The van der Waals surface area contributed by atoms with Crippen molar-refractivity contribution < 1.29 is 4.74 Å². The van der Waals surface area contributed by atoms with Crippen molar-refractivity contribution in [3.63, 3.8) is 0 Å². The monoisotopic (exact) mass is 231 g/mol. The summed E-state index contributed by atoms with van der Waals surface area (Å²) in [7, 11) is 0. The lowest BCUT2D eigenvalue weighted by atomic mass is 9.96. The summed E-state index contributed by atoms with van der Waals surface area (Å²) in [6.45, 7) is 4.25. The predicted octanol–water partition coefficient (Wildman–Crippen LogP) is 3.27. The number of aryl methyl sites for hydroxylation is 1. The highest BCUT2D eigenvalue weighted by molar-refractivity contribution is 5.23. The summed E-state index contributed by atoms with van der Waals surface area (Å²) in [4.78, 5) is 2.57. The minimum absolute atomic E-state index is 0.203. The van der Waals surface area contributed by atoms with E-state index in [2.05, 4.69) is 36.1 Å². The smallest absolute Gasteiger partial charge is 0.137 e. The van der Waals surface area contributed by atoms with Crippen LogP contribution in [-0.4, -0.2) is 24.1 Å². The van der Waals surface area contributed by atoms with Gasteiger partial charge in [0, 0.05) is 12.6 Å². The van der Waals surface area contributed by atoms with Crippen molar-refractivity contribution in [2.45, 2.75) is 44.9 Å². The Balaban J connectivity index is 1.83. The van der Waals surface area contributed by atoms with Gasteiger partial charge in [0.1, 0.15) is 6.23 Å². The molecule has 2 heterocycles. The maximum Gasteiger partial charge on any atom is 0.137 e. The molecule has 17 heavy (non-hydrogen) atoms. The van der Waals surface area contributed by atoms with Crippen molar-refractivity contribution in [1.29, 1.82) is 0 Å². The first kappa shape index (κ1) is 11.2. The van der Waals surface area contributed by atoms with E-state index in [1.54, 1.807) is 0 Å². The second kappa shape index (κ2) is 4.79. The number of hydrogen-bond donors (Lipinski definition) is 0. The number of hydrogen-bond acceptors (Lipinski definition) is 2. The molecule has 1 aromatic rings. The molecule has 0 aromatic heterocycles. The number of ether oxygens (including phenoxy) is 1. The minimum atomic E-state index is 0.203. The summed E-state index contributed by atoms with van der Waals surface area (Å²) >= 11 is 0. The highest BCUT2D eigenvalue weighted by Gasteiger charge is 2.33. The van der Waals surface area contributed by atoms with E-state index in [-0.39, 0.29) is 6.23 Å². The fourth-order valence-corrected chi connectivity index (χ4v) is 3.07. The molecule has 0 spiro atoms. The summed E-state index contributed by atoms with van der Waals surface area (Å²) in [5, 5.41) is 0. The zero-order chi connectivity index (χ0) is 11.7. The third kappa shape index (κ3) is 2.24. The summed E-state index contributed by atoms with van der Waals surface area (Å²) in [6.07, 6.45) is 5.48. The Hall–Kier alpha value is -0.860. The van der Waals surface area contributed by atoms with E-state index in [1.165, 1.54) is 43.4 Å². The van der Waals surface area contributed by atoms with Crippen LogP contribution in [0.3, 0.4) is 0 Å². The van der Waals surface area contributed by atoms with Gasteiger partial charge in [-0.15, -0.1) is 0 Å². The maximum absolute atomic E-state index is 6.00. The van der Waals surface area contributed by atoms with Gasteiger partial charge in [-0.05, 0) is 31.7 Å². The zero-order valence-corrected chi connectivity index (χ0v) is 10.6. The molecule has 2 heteroatoms. The summed E-state index contributed by atoms with van der Waals surface area (Å²) < 4.78 is 6.00. The lowest BCUT2D eigenvalue weighted by Crippen LogP contribution is -2.47. The average Bonchev–Trinajstić information content (AvgIpc) is 2.39. The largest absolute Gasteiger partial charge is 0.359 e. The molecule has 2 aliphatic rings. The van der Waals surface area contributed by atoms with Crippen LogP contribution >= 0.6 is 0 Å². The molecule has 2 aliphatic heterocycles. The van der Waals surface area contributed by atoms with E-state index in [1.807, 2.05) is 0 Å². The van der Waals surface area contributed by atoms with Crippen LogP contribution in [0.15, 0.2) is 24.3 Å². The number of piperidine rings is 1. The SMILES string of the molecule is Cc1ccc(C2OCCC3CCCCN32)cc1. The molecule has 0 N–H and O–H groups in total. The van der Waals surface area contributed by atoms with Gasteiger partial charge >= 0.3 is 0 Å². The van der Waals surface area contributed by atoms with Crippen LogP contribution in [0.25, 0.3) is 0 Å². The molecular weight excluding hydrogens is 210 g/mol. The molecule has 2 fully saturated rings. The molecule has 3 rings (SSSR count). The highest BCUT2D eigenvalue weighted by atomic mass is 16.5. The van der Waals surface area contributed by atoms with Gasteiger partial charge in [-0.25, -0.2) is 0 Å². The Morgan fingerprint density at radius 2 is 1.94 bits per heavy atom. The Morgan fingerprint density at radius 3 is 2.76 bits per heavy atom. The molecule has 0 radical (unpaired) electrons. The van der Waals surface area contributed by atoms with E-state index in [4.69, 9.17) is 4.74 Å². The van der Waals surface area contributed by atoms with Gasteiger partial charge in [-0.3, -0.25) is 4.90 Å². The first-order chi connectivity index (χ1) is 8.34. The summed E-state index contributed by atoms with van der Waals surface area (Å²) in [5.41, 5.74) is 2.64. The van der Waals surface area contributed by atoms with Crippen LogP contribution < -0.4 is 0 Å². The molecule has 0 amide bonds. The first-order valence-electron chi connectivity index (χ1n) is 6.78. The molecule has 2 saturated heterocycles. The topological polar surface area (TPSA) is 12.5 Å². The minimum Gasteiger partial charge on any atom is -0.359 e. The van der Waals surface area contributed by atoms with Gasteiger partial charge in [0.25, 0.3) is 0 Å². The molecule has 2 unspecified atom stereocenters. The normalized spacial score (nSPS) is 29.9. The maximum atomic E-state index is 6.00. The summed E-state index contributed by atoms with van der Waals surface area (Å²) in [5.74, 6) is 0. The zero-order valence-electron chi connectivity index (χ0n) is 10.6. The second-order valence-electron chi connectivity index (χ2n) is 5.31. The number of benzene rings is 1. The third-order valence-corrected chi connectivity index (χ3v) is 4.06. The third-order valence-electron chi connectivity index (χ3n) is 4.06. The Labute approximate surface area is 104 Å².